The Morgan fingerprint density at radius 3 is 1.24 bits per heavy atom. The molecule has 0 aromatic heterocycles. The molecule has 0 aliphatic rings. The van der Waals surface area contributed by atoms with Crippen molar-refractivity contribution in [2.24, 2.45) is 0 Å². The number of quaternary nitrogens is 1. The van der Waals surface area contributed by atoms with E-state index in [4.69, 9.17) is 13.8 Å². The fourth-order valence-corrected chi connectivity index (χ4v) is 10.3. The maximum absolute atomic E-state index is 13.5. The first-order chi connectivity index (χ1) is 37.9. The van der Waals surface area contributed by atoms with Crippen LogP contribution in [0, 0.1) is 0 Å². The molecule has 0 heterocycles. The third-order valence-corrected chi connectivity index (χ3v) is 15.6. The average Bonchev–Trinajstić information content (AvgIpc) is 3.40. The Morgan fingerprint density at radius 2 is 0.821 bits per heavy atom. The van der Waals surface area contributed by atoms with E-state index in [2.05, 4.69) is 74.7 Å². The van der Waals surface area contributed by atoms with Gasteiger partial charge in [-0.15, -0.1) is 0 Å². The number of hydrogen-bond donors (Lipinski definition) is 1. The van der Waals surface area contributed by atoms with E-state index in [1.165, 1.54) is 173 Å². The number of carbonyl (C=O) groups is 2. The Balaban J connectivity index is 5.05. The van der Waals surface area contributed by atoms with E-state index < -0.39 is 26.6 Å². The maximum atomic E-state index is 13.5. The molecule has 0 saturated carbocycles. The molecule has 0 aromatic carbocycles. The molecule has 0 saturated heterocycles. The first-order valence-electron chi connectivity index (χ1n) is 33.1. The number of phosphoric ester groups is 1. The van der Waals surface area contributed by atoms with E-state index in [0.29, 0.717) is 17.4 Å². The average molecular weight is 1120 g/mol. The molecule has 3 atom stereocenters. The third-order valence-electron chi connectivity index (χ3n) is 14.7. The topological polar surface area (TPSA) is 114 Å². The van der Waals surface area contributed by atoms with Gasteiger partial charge in [-0.3, -0.25) is 14.2 Å². The summed E-state index contributed by atoms with van der Waals surface area (Å²) in [7, 11) is 1.18. The summed E-state index contributed by atoms with van der Waals surface area (Å²) in [5.41, 5.74) is 0. The maximum Gasteiger partial charge on any atom is 0.306 e. The van der Waals surface area contributed by atoms with Crippen molar-refractivity contribution in [3.63, 3.8) is 0 Å². The molecule has 0 spiro atoms. The van der Waals surface area contributed by atoms with Gasteiger partial charge < -0.3 is 28.5 Å². The summed E-state index contributed by atoms with van der Waals surface area (Å²) in [6.07, 6.45) is 73.5. The van der Waals surface area contributed by atoms with Crippen molar-refractivity contribution in [3.05, 3.63) is 60.8 Å². The summed E-state index contributed by atoms with van der Waals surface area (Å²) in [4.78, 5) is 40.0. The van der Waals surface area contributed by atoms with Gasteiger partial charge in [-0.05, 0) is 89.5 Å². The highest BCUT2D eigenvalue weighted by Gasteiger charge is 2.27. The summed E-state index contributed by atoms with van der Waals surface area (Å²) in [5.74, 6) is -0.548. The van der Waals surface area contributed by atoms with Crippen LogP contribution in [0.3, 0.4) is 0 Å². The number of carbonyl (C=O) groups excluding carboxylic acids is 2. The minimum absolute atomic E-state index is 0.0254. The van der Waals surface area contributed by atoms with Crippen molar-refractivity contribution in [1.29, 1.82) is 0 Å². The molecule has 0 aromatic rings. The summed E-state index contributed by atoms with van der Waals surface area (Å²) < 4.78 is 30.3. The molecule has 3 unspecified atom stereocenters. The Morgan fingerprint density at radius 1 is 0.462 bits per heavy atom. The molecule has 78 heavy (non-hydrogen) atoms. The van der Waals surface area contributed by atoms with Gasteiger partial charge in [0, 0.05) is 12.8 Å². The van der Waals surface area contributed by atoms with Crippen molar-refractivity contribution in [3.8, 4) is 0 Å². The van der Waals surface area contributed by atoms with E-state index in [-0.39, 0.29) is 24.9 Å². The number of esters is 1. The molecule has 0 rings (SSSR count). The van der Waals surface area contributed by atoms with Gasteiger partial charge >= 0.3 is 5.97 Å². The van der Waals surface area contributed by atoms with Crippen molar-refractivity contribution < 1.29 is 37.3 Å². The van der Waals surface area contributed by atoms with Gasteiger partial charge in [0.1, 0.15) is 19.3 Å². The van der Waals surface area contributed by atoms with Gasteiger partial charge in [-0.2, -0.15) is 0 Å². The molecule has 0 fully saturated rings. The number of rotatable bonds is 60. The monoisotopic (exact) mass is 1110 g/mol. The van der Waals surface area contributed by atoms with Gasteiger partial charge in [0.15, 0.2) is 0 Å². The Bertz CT molecular complexity index is 1520. The number of phosphoric acid groups is 1. The van der Waals surface area contributed by atoms with Crippen LogP contribution in [0.25, 0.3) is 0 Å². The number of ether oxygens (including phenoxy) is 1. The lowest BCUT2D eigenvalue weighted by Crippen LogP contribution is -2.47. The zero-order chi connectivity index (χ0) is 57.2. The van der Waals surface area contributed by atoms with E-state index in [0.717, 1.165) is 103 Å². The van der Waals surface area contributed by atoms with E-state index in [1.807, 2.05) is 33.3 Å². The normalized spacial score (nSPS) is 14.0. The van der Waals surface area contributed by atoms with Crippen LogP contribution < -0.4 is 10.2 Å². The Labute approximate surface area is 483 Å². The molecule has 0 aliphatic heterocycles. The van der Waals surface area contributed by atoms with Crippen molar-refractivity contribution in [2.45, 2.75) is 322 Å². The molecule has 0 radical (unpaired) electrons. The molecule has 456 valence electrons. The lowest BCUT2D eigenvalue weighted by molar-refractivity contribution is -0.870. The van der Waals surface area contributed by atoms with Crippen LogP contribution in [0.15, 0.2) is 60.8 Å². The van der Waals surface area contributed by atoms with Crippen LogP contribution in [-0.2, 0) is 27.9 Å². The Kier molecular flexibility index (Phi) is 56.2. The first-order valence-corrected chi connectivity index (χ1v) is 34.6. The van der Waals surface area contributed by atoms with Gasteiger partial charge in [0.25, 0.3) is 7.82 Å². The van der Waals surface area contributed by atoms with E-state index >= 15 is 0 Å². The smallest absolute Gasteiger partial charge is 0.306 e. The number of amides is 1. The van der Waals surface area contributed by atoms with Gasteiger partial charge in [-0.1, -0.05) is 268 Å². The van der Waals surface area contributed by atoms with Crippen LogP contribution in [0.2, 0.25) is 0 Å². The lowest BCUT2D eigenvalue weighted by Gasteiger charge is -2.30. The number of nitrogens with one attached hydrogen (secondary N) is 1. The van der Waals surface area contributed by atoms with Gasteiger partial charge in [-0.25, -0.2) is 0 Å². The van der Waals surface area contributed by atoms with Crippen molar-refractivity contribution in [2.75, 3.05) is 40.9 Å². The first kappa shape index (κ1) is 75.7. The number of unbranched alkanes of at least 4 members (excludes halogenated alkanes) is 36. The second kappa shape index (κ2) is 57.9. The standard InChI is InChI=1S/C68H127N2O7P/c1-7-10-13-16-19-22-25-27-29-31-32-33-34-35-36-37-38-39-41-43-46-49-52-55-58-61-68(72)77-66(59-56-53-50-47-44-24-21-18-15-12-9-3)65(64-76-78(73,74)75-63-62-70(4,5)6)69-67(71)60-57-54-51-48-45-42-40-30-28-26-23-20-17-14-11-8-2/h11,14,20,23,27-30,56,59,65-66H,7-10,12-13,15-19,21-22,24-26,31-55,57-58,60-64H2,1-6H3,(H-,69,71,73,74)/b14-11+,23-20+,29-27+,30-28+,59-56-. The second-order valence-electron chi connectivity index (χ2n) is 23.6. The molecule has 0 bridgehead atoms. The fraction of sp³-hybridized carbons (Fsp3) is 0.824. The van der Waals surface area contributed by atoms with Crippen LogP contribution in [-0.4, -0.2) is 69.4 Å². The lowest BCUT2D eigenvalue weighted by atomic mass is 10.0. The third kappa shape index (κ3) is 58.4. The summed E-state index contributed by atoms with van der Waals surface area (Å²) >= 11 is 0. The second-order valence-corrected chi connectivity index (χ2v) is 25.0. The molecular weight excluding hydrogens is 988 g/mol. The van der Waals surface area contributed by atoms with E-state index in [1.54, 1.807) is 0 Å². The summed E-state index contributed by atoms with van der Waals surface area (Å²) in [5, 5.41) is 3.03. The summed E-state index contributed by atoms with van der Waals surface area (Å²) in [6, 6.07) is -0.895. The largest absolute Gasteiger partial charge is 0.756 e. The fourth-order valence-electron chi connectivity index (χ4n) is 9.59. The number of allylic oxidation sites excluding steroid dienone is 9. The van der Waals surface area contributed by atoms with E-state index in [9.17, 15) is 19.0 Å². The predicted octanol–water partition coefficient (Wildman–Crippen LogP) is 20.0. The molecular formula is C68H127N2O7P. The van der Waals surface area contributed by atoms with Crippen LogP contribution in [0.5, 0.6) is 0 Å². The zero-order valence-corrected chi connectivity index (χ0v) is 53.0. The van der Waals surface area contributed by atoms with Crippen molar-refractivity contribution in [1.82, 2.24) is 5.32 Å². The number of nitrogens with zero attached hydrogens (tertiary/aromatic N) is 1. The molecule has 9 nitrogen and oxygen atoms in total. The van der Waals surface area contributed by atoms with Crippen molar-refractivity contribution >= 4 is 19.7 Å². The highest BCUT2D eigenvalue weighted by atomic mass is 31.2. The minimum Gasteiger partial charge on any atom is -0.756 e. The number of likely N-dealkylation sites (N-methyl/N-ethyl adjacent to an activating group) is 1. The molecule has 0 aliphatic carbocycles. The molecule has 1 N–H and O–H groups in total. The summed E-state index contributed by atoms with van der Waals surface area (Å²) in [6.45, 7) is 6.74. The SMILES string of the molecule is CC/C=C/C/C=C/C/C=C/CCCCCCCCC(=O)NC(COP(=O)([O-])OCC[N+](C)(C)C)C(/C=C\CCCCCCCCCCC)OC(=O)CCCCCCCCCCCCCCCCC/C=C/CCCCCCCC. The Hall–Kier alpha value is -2.29. The predicted molar refractivity (Wildman–Crippen MR) is 335 cm³/mol. The zero-order valence-electron chi connectivity index (χ0n) is 52.1. The van der Waals surface area contributed by atoms with Crippen LogP contribution in [0.4, 0.5) is 0 Å². The molecule has 10 heteroatoms. The van der Waals surface area contributed by atoms with Gasteiger partial charge in [0.05, 0.1) is 33.8 Å². The highest BCUT2D eigenvalue weighted by Crippen LogP contribution is 2.38. The highest BCUT2D eigenvalue weighted by molar-refractivity contribution is 7.45. The quantitative estimate of drug-likeness (QED) is 0.0212. The van der Waals surface area contributed by atoms with Gasteiger partial charge in [0.2, 0.25) is 5.91 Å². The minimum atomic E-state index is -4.70. The van der Waals surface area contributed by atoms with Crippen LogP contribution >= 0.6 is 7.82 Å². The molecule has 1 amide bonds. The number of hydrogen-bond acceptors (Lipinski definition) is 7. The van der Waals surface area contributed by atoms with Crippen LogP contribution in [0.1, 0.15) is 310 Å².